The minimum atomic E-state index is 0.774. The predicted molar refractivity (Wildman–Crippen MR) is 126 cm³/mol. The van der Waals surface area contributed by atoms with Crippen molar-refractivity contribution in [2.45, 2.75) is 57.8 Å². The maximum atomic E-state index is 6.00. The van der Waals surface area contributed by atoms with E-state index >= 15 is 0 Å². The van der Waals surface area contributed by atoms with Crippen molar-refractivity contribution in [1.29, 1.82) is 0 Å². The molecule has 0 aromatic heterocycles. The monoisotopic (exact) mass is 402 g/mol. The van der Waals surface area contributed by atoms with Crippen LogP contribution in [0.4, 0.5) is 0 Å². The molecule has 1 heteroatoms. The van der Waals surface area contributed by atoms with Crippen LogP contribution in [0.5, 0.6) is 0 Å². The molecule has 3 aromatic carbocycles. The third-order valence-electron chi connectivity index (χ3n) is 6.68. The Morgan fingerprint density at radius 2 is 1.24 bits per heavy atom. The van der Waals surface area contributed by atoms with Crippen molar-refractivity contribution in [2.24, 2.45) is 5.92 Å². The largest absolute Gasteiger partial charge is 0.0843 e. The molecule has 0 aliphatic heterocycles. The molecule has 29 heavy (non-hydrogen) atoms. The summed E-state index contributed by atoms with van der Waals surface area (Å²) in [7, 11) is 0. The van der Waals surface area contributed by atoms with Crippen LogP contribution in [0.3, 0.4) is 0 Å². The van der Waals surface area contributed by atoms with Gasteiger partial charge in [-0.25, -0.2) is 0 Å². The van der Waals surface area contributed by atoms with E-state index in [2.05, 4.69) is 67.6 Å². The quantitative estimate of drug-likeness (QED) is 0.387. The first-order valence-corrected chi connectivity index (χ1v) is 11.5. The summed E-state index contributed by atoms with van der Waals surface area (Å²) >= 11 is 6.00. The summed E-state index contributed by atoms with van der Waals surface area (Å²) in [6.45, 7) is 2.23. The Labute approximate surface area is 180 Å². The summed E-state index contributed by atoms with van der Waals surface area (Å²) in [5.41, 5.74) is 6.95. The molecule has 4 rings (SSSR count). The van der Waals surface area contributed by atoms with Gasteiger partial charge in [-0.3, -0.25) is 0 Å². The van der Waals surface area contributed by atoms with Gasteiger partial charge in [0.2, 0.25) is 0 Å². The second-order valence-electron chi connectivity index (χ2n) is 8.56. The predicted octanol–water partition coefficient (Wildman–Crippen LogP) is 8.48. The fourth-order valence-corrected chi connectivity index (χ4v) is 4.81. The van der Waals surface area contributed by atoms with E-state index in [1.54, 1.807) is 5.56 Å². The third kappa shape index (κ3) is 5.31. The maximum Gasteiger partial charge on any atom is 0.0406 e. The van der Waals surface area contributed by atoms with Crippen LogP contribution in [0.1, 0.15) is 61.6 Å². The molecule has 0 heterocycles. The van der Waals surface area contributed by atoms with Crippen molar-refractivity contribution in [3.05, 3.63) is 94.5 Å². The molecule has 0 saturated heterocycles. The molecule has 3 aromatic rings. The summed E-state index contributed by atoms with van der Waals surface area (Å²) in [5.74, 6) is 1.66. The SMILES string of the molecule is CCc1ccc([C@H]2CC[C@H](CCc3ccc(-c4ccc(Cl)cc4)cc3)CC2)cc1. The van der Waals surface area contributed by atoms with Crippen molar-refractivity contribution >= 4 is 11.6 Å². The van der Waals surface area contributed by atoms with Crippen LogP contribution in [0, 0.1) is 5.92 Å². The lowest BCUT2D eigenvalue weighted by Gasteiger charge is -2.29. The Bertz CT molecular complexity index is 883. The van der Waals surface area contributed by atoms with E-state index in [9.17, 15) is 0 Å². The molecule has 150 valence electrons. The Balaban J connectivity index is 1.26. The summed E-state index contributed by atoms with van der Waals surface area (Å²) in [5, 5.41) is 0.790. The minimum Gasteiger partial charge on any atom is -0.0843 e. The third-order valence-corrected chi connectivity index (χ3v) is 6.93. The van der Waals surface area contributed by atoms with Gasteiger partial charge in [0.1, 0.15) is 0 Å². The molecule has 1 fully saturated rings. The standard InChI is InChI=1S/C28H31Cl/c1-2-21-5-11-24(12-6-21)25-13-7-22(8-14-25)3-4-23-9-15-26(16-10-23)27-17-19-28(29)20-18-27/h5-6,9-12,15-20,22,25H,2-4,7-8,13-14H2,1H3/t22-,25-. The van der Waals surface area contributed by atoms with Gasteiger partial charge in [0, 0.05) is 5.02 Å². The molecule has 0 amide bonds. The molecular formula is C28H31Cl. The molecule has 1 aliphatic rings. The van der Waals surface area contributed by atoms with Crippen LogP contribution >= 0.6 is 11.6 Å². The Morgan fingerprint density at radius 3 is 1.83 bits per heavy atom. The number of rotatable bonds is 6. The highest BCUT2D eigenvalue weighted by atomic mass is 35.5. The van der Waals surface area contributed by atoms with Gasteiger partial charge >= 0.3 is 0 Å². The summed E-state index contributed by atoms with van der Waals surface area (Å²) in [4.78, 5) is 0. The van der Waals surface area contributed by atoms with Gasteiger partial charge in [0.25, 0.3) is 0 Å². The van der Waals surface area contributed by atoms with E-state index in [1.807, 2.05) is 12.1 Å². The van der Waals surface area contributed by atoms with Gasteiger partial charge in [0.15, 0.2) is 0 Å². The second-order valence-corrected chi connectivity index (χ2v) is 8.99. The van der Waals surface area contributed by atoms with Crippen molar-refractivity contribution in [3.8, 4) is 11.1 Å². The van der Waals surface area contributed by atoms with Gasteiger partial charge in [-0.15, -0.1) is 0 Å². The summed E-state index contributed by atoms with van der Waals surface area (Å²) in [6.07, 6.45) is 9.11. The smallest absolute Gasteiger partial charge is 0.0406 e. The molecular weight excluding hydrogens is 372 g/mol. The Morgan fingerprint density at radius 1 is 0.690 bits per heavy atom. The minimum absolute atomic E-state index is 0.774. The molecule has 1 aliphatic carbocycles. The highest BCUT2D eigenvalue weighted by molar-refractivity contribution is 6.30. The molecule has 0 unspecified atom stereocenters. The van der Waals surface area contributed by atoms with Crippen LogP contribution in [0.25, 0.3) is 11.1 Å². The zero-order chi connectivity index (χ0) is 20.1. The van der Waals surface area contributed by atoms with E-state index in [0.29, 0.717) is 0 Å². The van der Waals surface area contributed by atoms with E-state index < -0.39 is 0 Å². The molecule has 1 saturated carbocycles. The van der Waals surface area contributed by atoms with Crippen LogP contribution in [0.2, 0.25) is 5.02 Å². The van der Waals surface area contributed by atoms with Crippen molar-refractivity contribution in [1.82, 2.24) is 0 Å². The van der Waals surface area contributed by atoms with Crippen molar-refractivity contribution in [2.75, 3.05) is 0 Å². The van der Waals surface area contributed by atoms with Crippen LogP contribution in [0.15, 0.2) is 72.8 Å². The average molecular weight is 403 g/mol. The van der Waals surface area contributed by atoms with Crippen LogP contribution < -0.4 is 0 Å². The zero-order valence-corrected chi connectivity index (χ0v) is 18.2. The van der Waals surface area contributed by atoms with E-state index in [-0.39, 0.29) is 0 Å². The highest BCUT2D eigenvalue weighted by Gasteiger charge is 2.22. The van der Waals surface area contributed by atoms with E-state index in [4.69, 9.17) is 11.6 Å². The first-order chi connectivity index (χ1) is 14.2. The number of hydrogen-bond acceptors (Lipinski definition) is 0. The zero-order valence-electron chi connectivity index (χ0n) is 17.4. The van der Waals surface area contributed by atoms with Crippen molar-refractivity contribution < 1.29 is 0 Å². The van der Waals surface area contributed by atoms with Gasteiger partial charge in [-0.1, -0.05) is 79.2 Å². The van der Waals surface area contributed by atoms with Crippen molar-refractivity contribution in [3.63, 3.8) is 0 Å². The number of hydrogen-bond donors (Lipinski definition) is 0. The molecule has 0 bridgehead atoms. The van der Waals surface area contributed by atoms with E-state index in [1.165, 1.54) is 60.8 Å². The van der Waals surface area contributed by atoms with Gasteiger partial charge < -0.3 is 0 Å². The lowest BCUT2D eigenvalue weighted by atomic mass is 9.77. The summed E-state index contributed by atoms with van der Waals surface area (Å²) in [6, 6.07) is 26.5. The fourth-order valence-electron chi connectivity index (χ4n) is 4.69. The van der Waals surface area contributed by atoms with Crippen LogP contribution in [-0.2, 0) is 12.8 Å². The van der Waals surface area contributed by atoms with Gasteiger partial charge in [-0.05, 0) is 96.7 Å². The van der Waals surface area contributed by atoms with Gasteiger partial charge in [0.05, 0.1) is 0 Å². The lowest BCUT2D eigenvalue weighted by Crippen LogP contribution is -2.14. The topological polar surface area (TPSA) is 0 Å². The molecule has 0 radical (unpaired) electrons. The Hall–Kier alpha value is -2.05. The molecule has 0 N–H and O–H groups in total. The molecule has 0 atom stereocenters. The number of benzene rings is 3. The number of aryl methyl sites for hydroxylation is 2. The average Bonchev–Trinajstić information content (AvgIpc) is 2.79. The highest BCUT2D eigenvalue weighted by Crippen LogP contribution is 2.37. The van der Waals surface area contributed by atoms with E-state index in [0.717, 1.165) is 23.3 Å². The summed E-state index contributed by atoms with van der Waals surface area (Å²) < 4.78 is 0. The maximum absolute atomic E-state index is 6.00. The number of halogens is 1. The lowest BCUT2D eigenvalue weighted by molar-refractivity contribution is 0.310. The first-order valence-electron chi connectivity index (χ1n) is 11.1. The second kappa shape index (κ2) is 9.63. The first kappa shape index (κ1) is 20.2. The normalized spacial score (nSPS) is 19.2. The molecule has 0 nitrogen and oxygen atoms in total. The molecule has 0 spiro atoms. The Kier molecular flexibility index (Phi) is 6.72. The van der Waals surface area contributed by atoms with Gasteiger partial charge in [-0.2, -0.15) is 0 Å². The fraction of sp³-hybridized carbons (Fsp3) is 0.357. The van der Waals surface area contributed by atoms with Crippen LogP contribution in [-0.4, -0.2) is 0 Å².